The van der Waals surface area contributed by atoms with E-state index in [1.165, 1.54) is 16.6 Å². The molecular weight excluding hydrogens is 364 g/mol. The van der Waals surface area contributed by atoms with E-state index in [1.807, 2.05) is 0 Å². The minimum absolute atomic E-state index is 0.0216. The van der Waals surface area contributed by atoms with Gasteiger partial charge < -0.3 is 15.0 Å². The predicted octanol–water partition coefficient (Wildman–Crippen LogP) is 2.50. The molecule has 0 saturated carbocycles. The SMILES string of the molecule is CC1(CNC(=O)c2ccc(NC(=O)N3CCc4sccc4C3)nc2)COC1. The van der Waals surface area contributed by atoms with E-state index in [0.717, 1.165) is 6.42 Å². The zero-order valence-corrected chi connectivity index (χ0v) is 16.0. The first kappa shape index (κ1) is 17.9. The van der Waals surface area contributed by atoms with Crippen LogP contribution in [0.2, 0.25) is 0 Å². The highest BCUT2D eigenvalue weighted by molar-refractivity contribution is 7.10. The van der Waals surface area contributed by atoms with Gasteiger partial charge in [-0.25, -0.2) is 9.78 Å². The molecule has 27 heavy (non-hydrogen) atoms. The first-order valence-corrected chi connectivity index (χ1v) is 9.84. The van der Waals surface area contributed by atoms with Crippen LogP contribution in [-0.4, -0.2) is 48.1 Å². The average molecular weight is 386 g/mol. The number of ether oxygens (including phenoxy) is 1. The van der Waals surface area contributed by atoms with Crippen LogP contribution in [0.1, 0.15) is 27.7 Å². The summed E-state index contributed by atoms with van der Waals surface area (Å²) in [6.45, 7) is 5.30. The molecule has 1 fully saturated rings. The van der Waals surface area contributed by atoms with Gasteiger partial charge in [0.2, 0.25) is 0 Å². The third-order valence-corrected chi connectivity index (χ3v) is 5.96. The largest absolute Gasteiger partial charge is 0.380 e. The van der Waals surface area contributed by atoms with E-state index < -0.39 is 0 Å². The second-order valence-electron chi connectivity index (χ2n) is 7.39. The maximum atomic E-state index is 12.5. The van der Waals surface area contributed by atoms with Crippen LogP contribution in [-0.2, 0) is 17.7 Å². The Morgan fingerprint density at radius 2 is 2.19 bits per heavy atom. The highest BCUT2D eigenvalue weighted by Gasteiger charge is 2.33. The van der Waals surface area contributed by atoms with E-state index in [1.54, 1.807) is 28.4 Å². The predicted molar refractivity (Wildman–Crippen MR) is 103 cm³/mol. The summed E-state index contributed by atoms with van der Waals surface area (Å²) in [5.41, 5.74) is 1.71. The van der Waals surface area contributed by atoms with E-state index in [9.17, 15) is 9.59 Å². The Balaban J connectivity index is 1.31. The van der Waals surface area contributed by atoms with Crippen LogP contribution in [0.25, 0.3) is 0 Å². The Morgan fingerprint density at radius 3 is 2.89 bits per heavy atom. The standard InChI is InChI=1S/C19H22N4O3S/c1-19(11-26-12-19)10-21-17(24)13-2-3-16(20-8-13)22-18(25)23-6-4-15-14(9-23)5-7-27-15/h2-3,5,7-8H,4,6,9-12H2,1H3,(H,21,24)(H,20,22,25). The Kier molecular flexibility index (Phi) is 4.84. The number of amides is 3. The molecular formula is C19H22N4O3S. The zero-order chi connectivity index (χ0) is 18.9. The van der Waals surface area contributed by atoms with Crippen LogP contribution in [0.3, 0.4) is 0 Å². The summed E-state index contributed by atoms with van der Waals surface area (Å²) in [6, 6.07) is 5.22. The van der Waals surface area contributed by atoms with E-state index in [2.05, 4.69) is 34.0 Å². The van der Waals surface area contributed by atoms with Gasteiger partial charge in [0.15, 0.2) is 0 Å². The number of carbonyl (C=O) groups is 2. The van der Waals surface area contributed by atoms with Gasteiger partial charge in [-0.3, -0.25) is 10.1 Å². The van der Waals surface area contributed by atoms with Crippen LogP contribution in [0.4, 0.5) is 10.6 Å². The molecule has 0 unspecified atom stereocenters. The number of fused-ring (bicyclic) bond motifs is 1. The van der Waals surface area contributed by atoms with Crippen molar-refractivity contribution in [3.63, 3.8) is 0 Å². The van der Waals surface area contributed by atoms with Gasteiger partial charge in [0.1, 0.15) is 5.82 Å². The molecule has 0 spiro atoms. The van der Waals surface area contributed by atoms with Crippen LogP contribution in [0.5, 0.6) is 0 Å². The second kappa shape index (κ2) is 7.28. The van der Waals surface area contributed by atoms with Crippen molar-refractivity contribution in [1.82, 2.24) is 15.2 Å². The highest BCUT2D eigenvalue weighted by atomic mass is 32.1. The number of rotatable bonds is 4. The molecule has 0 atom stereocenters. The number of aromatic nitrogens is 1. The molecule has 3 amide bonds. The van der Waals surface area contributed by atoms with Gasteiger partial charge >= 0.3 is 6.03 Å². The van der Waals surface area contributed by atoms with E-state index >= 15 is 0 Å². The summed E-state index contributed by atoms with van der Waals surface area (Å²) >= 11 is 1.74. The fourth-order valence-electron chi connectivity index (χ4n) is 3.16. The Bertz CT molecular complexity index is 845. The van der Waals surface area contributed by atoms with E-state index in [4.69, 9.17) is 4.74 Å². The number of carbonyl (C=O) groups excluding carboxylic acids is 2. The summed E-state index contributed by atoms with van der Waals surface area (Å²) in [6.07, 6.45) is 2.37. The quantitative estimate of drug-likeness (QED) is 0.846. The fraction of sp³-hybridized carbons (Fsp3) is 0.421. The van der Waals surface area contributed by atoms with Gasteiger partial charge in [0, 0.05) is 36.1 Å². The lowest BCUT2D eigenvalue weighted by atomic mass is 9.89. The molecule has 2 N–H and O–H groups in total. The minimum atomic E-state index is -0.172. The highest BCUT2D eigenvalue weighted by Crippen LogP contribution is 2.25. The van der Waals surface area contributed by atoms with Crippen molar-refractivity contribution < 1.29 is 14.3 Å². The number of nitrogens with zero attached hydrogens (tertiary/aromatic N) is 2. The summed E-state index contributed by atoms with van der Waals surface area (Å²) in [5.74, 6) is 0.265. The Morgan fingerprint density at radius 1 is 1.33 bits per heavy atom. The molecule has 0 aliphatic carbocycles. The van der Waals surface area contributed by atoms with Gasteiger partial charge in [-0.05, 0) is 35.6 Å². The summed E-state index contributed by atoms with van der Waals surface area (Å²) in [7, 11) is 0. The maximum absolute atomic E-state index is 12.5. The normalized spacial score (nSPS) is 17.6. The van der Waals surface area contributed by atoms with Gasteiger partial charge in [-0.1, -0.05) is 6.92 Å². The molecule has 2 aliphatic rings. The molecule has 0 radical (unpaired) electrons. The molecule has 4 rings (SSSR count). The number of hydrogen-bond donors (Lipinski definition) is 2. The Hall–Kier alpha value is -2.45. The number of pyridine rings is 1. The third-order valence-electron chi connectivity index (χ3n) is 4.93. The number of anilines is 1. The van der Waals surface area contributed by atoms with Gasteiger partial charge in [-0.15, -0.1) is 11.3 Å². The lowest BCUT2D eigenvalue weighted by molar-refractivity contribution is -0.0978. The molecule has 2 aromatic heterocycles. The second-order valence-corrected chi connectivity index (χ2v) is 8.39. The molecule has 142 valence electrons. The van der Waals surface area contributed by atoms with Crippen molar-refractivity contribution >= 4 is 29.1 Å². The van der Waals surface area contributed by atoms with Crippen molar-refractivity contribution in [3.8, 4) is 0 Å². The van der Waals surface area contributed by atoms with Crippen molar-refractivity contribution in [3.05, 3.63) is 45.8 Å². The van der Waals surface area contributed by atoms with E-state index in [0.29, 0.717) is 44.2 Å². The van der Waals surface area contributed by atoms with Gasteiger partial charge in [-0.2, -0.15) is 0 Å². The molecule has 4 heterocycles. The fourth-order valence-corrected chi connectivity index (χ4v) is 4.05. The smallest absolute Gasteiger partial charge is 0.323 e. The molecule has 0 bridgehead atoms. The topological polar surface area (TPSA) is 83.6 Å². The molecule has 7 nitrogen and oxygen atoms in total. The monoisotopic (exact) mass is 386 g/mol. The lowest BCUT2D eigenvalue weighted by Crippen LogP contribution is -2.48. The third kappa shape index (κ3) is 3.96. The maximum Gasteiger partial charge on any atom is 0.323 e. The summed E-state index contributed by atoms with van der Waals surface area (Å²) in [5, 5.41) is 7.78. The molecule has 0 aromatic carbocycles. The van der Waals surface area contributed by atoms with Crippen LogP contribution in [0, 0.1) is 5.41 Å². The summed E-state index contributed by atoms with van der Waals surface area (Å²) in [4.78, 5) is 32.0. The number of nitrogens with one attached hydrogen (secondary N) is 2. The number of thiophene rings is 1. The van der Waals surface area contributed by atoms with Crippen molar-refractivity contribution in [2.45, 2.75) is 19.9 Å². The van der Waals surface area contributed by atoms with Crippen molar-refractivity contribution in [1.29, 1.82) is 0 Å². The average Bonchev–Trinajstić information content (AvgIpc) is 3.13. The van der Waals surface area contributed by atoms with Gasteiger partial charge in [0.25, 0.3) is 5.91 Å². The van der Waals surface area contributed by atoms with E-state index in [-0.39, 0.29) is 17.4 Å². The van der Waals surface area contributed by atoms with Crippen molar-refractivity contribution in [2.24, 2.45) is 5.41 Å². The lowest BCUT2D eigenvalue weighted by Gasteiger charge is -2.38. The van der Waals surface area contributed by atoms with Crippen LogP contribution < -0.4 is 10.6 Å². The first-order valence-electron chi connectivity index (χ1n) is 8.96. The number of urea groups is 1. The molecule has 8 heteroatoms. The molecule has 1 saturated heterocycles. The first-order chi connectivity index (χ1) is 13.0. The summed E-state index contributed by atoms with van der Waals surface area (Å²) < 4.78 is 5.19. The van der Waals surface area contributed by atoms with Gasteiger partial charge in [0.05, 0.1) is 18.8 Å². The van der Waals surface area contributed by atoms with Crippen LogP contribution >= 0.6 is 11.3 Å². The molecule has 2 aromatic rings. The minimum Gasteiger partial charge on any atom is -0.380 e. The van der Waals surface area contributed by atoms with Crippen LogP contribution in [0.15, 0.2) is 29.8 Å². The van der Waals surface area contributed by atoms with Crippen molar-refractivity contribution in [2.75, 3.05) is 31.6 Å². The zero-order valence-electron chi connectivity index (χ0n) is 15.2. The Labute approximate surface area is 161 Å². The molecule has 2 aliphatic heterocycles. The number of hydrogen-bond acceptors (Lipinski definition) is 5.